The van der Waals surface area contributed by atoms with Gasteiger partial charge in [-0.2, -0.15) is 0 Å². The molecule has 1 rings (SSSR count). The average Bonchev–Trinajstić information content (AvgIpc) is 2.25. The zero-order chi connectivity index (χ0) is 12.1. The van der Waals surface area contributed by atoms with Crippen LogP contribution in [0, 0.1) is 0 Å². The van der Waals surface area contributed by atoms with Crippen LogP contribution in [-0.2, 0) is 4.79 Å². The molecule has 0 aromatic heterocycles. The Balaban J connectivity index is 2.84. The normalized spacial score (nSPS) is 12.2. The van der Waals surface area contributed by atoms with Gasteiger partial charge in [-0.05, 0) is 24.6 Å². The highest BCUT2D eigenvalue weighted by molar-refractivity contribution is 9.10. The van der Waals surface area contributed by atoms with E-state index in [4.69, 9.17) is 4.74 Å². The van der Waals surface area contributed by atoms with E-state index in [2.05, 4.69) is 21.7 Å². The highest BCUT2D eigenvalue weighted by atomic mass is 79.9. The van der Waals surface area contributed by atoms with Gasteiger partial charge in [-0.15, -0.1) is 0 Å². The molecule has 0 spiro atoms. The number of rotatable bonds is 5. The molecular weight excluding hydrogens is 274 g/mol. The van der Waals surface area contributed by atoms with E-state index in [0.717, 1.165) is 15.8 Å². The minimum atomic E-state index is -1.05. The van der Waals surface area contributed by atoms with Gasteiger partial charge < -0.3 is 20.4 Å². The molecule has 0 aliphatic rings. The van der Waals surface area contributed by atoms with E-state index in [0.29, 0.717) is 6.42 Å². The molecule has 0 amide bonds. The van der Waals surface area contributed by atoms with E-state index in [1.165, 1.54) is 0 Å². The number of halogens is 1. The molecule has 0 aliphatic heterocycles. The summed E-state index contributed by atoms with van der Waals surface area (Å²) in [5.41, 5.74) is 4.84. The number of hydrogen-bond donors (Lipinski definition) is 1. The topological polar surface area (TPSA) is 77.0 Å². The number of quaternary nitrogens is 1. The maximum absolute atomic E-state index is 10.4. The molecule has 4 nitrogen and oxygen atoms in total. The summed E-state index contributed by atoms with van der Waals surface area (Å²) in [4.78, 5) is 10.4. The largest absolute Gasteiger partial charge is 0.550 e. The van der Waals surface area contributed by atoms with E-state index in [9.17, 15) is 9.90 Å². The third-order valence-electron chi connectivity index (χ3n) is 2.33. The molecule has 1 aromatic carbocycles. The second-order valence-corrected chi connectivity index (χ2v) is 4.41. The van der Waals surface area contributed by atoms with Crippen LogP contribution in [0.4, 0.5) is 0 Å². The zero-order valence-electron chi connectivity index (χ0n) is 9.03. The molecule has 1 aromatic rings. The summed E-state index contributed by atoms with van der Waals surface area (Å²) in [6, 6.07) is 5.47. The van der Waals surface area contributed by atoms with Crippen molar-refractivity contribution in [2.24, 2.45) is 0 Å². The Kier molecular flexibility index (Phi) is 4.76. The van der Waals surface area contributed by atoms with Crippen LogP contribution in [0.25, 0.3) is 0 Å². The van der Waals surface area contributed by atoms with Crippen molar-refractivity contribution in [1.29, 1.82) is 0 Å². The molecule has 16 heavy (non-hydrogen) atoms. The van der Waals surface area contributed by atoms with Crippen molar-refractivity contribution in [3.63, 3.8) is 0 Å². The van der Waals surface area contributed by atoms with Gasteiger partial charge in [-0.3, -0.25) is 0 Å². The summed E-state index contributed by atoms with van der Waals surface area (Å²) in [5.74, 6) is -0.329. The quantitative estimate of drug-likeness (QED) is 0.845. The number of hydrogen-bond acceptors (Lipinski definition) is 3. The standard InChI is InChI=1S/C11H14BrNO3/c1-16-10-4-2-7(12)6-8(10)9(13)3-5-11(14)15/h2,4,6,9H,3,5,13H2,1H3,(H,14,15)/t9-/m1/s1. The summed E-state index contributed by atoms with van der Waals surface area (Å²) in [7, 11) is 1.58. The van der Waals surface area contributed by atoms with Crippen molar-refractivity contribution in [3.8, 4) is 5.75 Å². The molecule has 3 N–H and O–H groups in total. The Bertz CT molecular complexity index is 381. The van der Waals surface area contributed by atoms with E-state index < -0.39 is 5.97 Å². The van der Waals surface area contributed by atoms with E-state index >= 15 is 0 Å². The lowest BCUT2D eigenvalue weighted by Gasteiger charge is -2.13. The number of carboxylic acid groups (broad SMARTS) is 1. The Hall–Kier alpha value is -1.07. The van der Waals surface area contributed by atoms with E-state index in [1.807, 2.05) is 18.2 Å². The molecule has 0 aliphatic carbocycles. The van der Waals surface area contributed by atoms with Crippen molar-refractivity contribution in [2.75, 3.05) is 7.11 Å². The van der Waals surface area contributed by atoms with Gasteiger partial charge in [-0.25, -0.2) is 0 Å². The van der Waals surface area contributed by atoms with Crippen molar-refractivity contribution in [3.05, 3.63) is 28.2 Å². The number of carboxylic acids is 1. The Labute approximate surface area is 103 Å². The first-order valence-corrected chi connectivity index (χ1v) is 5.70. The smallest absolute Gasteiger partial charge is 0.128 e. The van der Waals surface area contributed by atoms with E-state index in [1.54, 1.807) is 7.11 Å². The summed E-state index contributed by atoms with van der Waals surface area (Å²) in [6.45, 7) is 0. The Morgan fingerprint density at radius 1 is 1.62 bits per heavy atom. The molecule has 1 atom stereocenters. The first-order valence-electron chi connectivity index (χ1n) is 4.91. The number of benzene rings is 1. The highest BCUT2D eigenvalue weighted by Crippen LogP contribution is 2.28. The van der Waals surface area contributed by atoms with Crippen LogP contribution in [-0.4, -0.2) is 13.1 Å². The fourth-order valence-electron chi connectivity index (χ4n) is 1.47. The zero-order valence-corrected chi connectivity index (χ0v) is 10.6. The fraction of sp³-hybridized carbons (Fsp3) is 0.364. The predicted molar refractivity (Wildman–Crippen MR) is 60.6 cm³/mol. The van der Waals surface area contributed by atoms with Crippen LogP contribution in [0.3, 0.4) is 0 Å². The number of carbonyl (C=O) groups is 1. The summed E-state index contributed by atoms with van der Waals surface area (Å²) in [6.07, 6.45) is 0.443. The van der Waals surface area contributed by atoms with Crippen LogP contribution in [0.5, 0.6) is 5.75 Å². The molecule has 5 heteroatoms. The summed E-state index contributed by atoms with van der Waals surface area (Å²) in [5, 5.41) is 10.4. The fourth-order valence-corrected chi connectivity index (χ4v) is 1.85. The molecular formula is C11H14BrNO3. The maximum Gasteiger partial charge on any atom is 0.128 e. The van der Waals surface area contributed by atoms with E-state index in [-0.39, 0.29) is 12.5 Å². The van der Waals surface area contributed by atoms with Gasteiger partial charge in [0.1, 0.15) is 11.8 Å². The second kappa shape index (κ2) is 5.86. The molecule has 0 bridgehead atoms. The van der Waals surface area contributed by atoms with Gasteiger partial charge in [-0.1, -0.05) is 15.9 Å². The third kappa shape index (κ3) is 3.50. The van der Waals surface area contributed by atoms with Crippen molar-refractivity contribution in [1.82, 2.24) is 0 Å². The monoisotopic (exact) mass is 287 g/mol. The van der Waals surface area contributed by atoms with Gasteiger partial charge in [0.05, 0.1) is 12.7 Å². The van der Waals surface area contributed by atoms with Gasteiger partial charge in [0.25, 0.3) is 0 Å². The molecule has 0 saturated carbocycles. The number of ether oxygens (including phenoxy) is 1. The lowest BCUT2D eigenvalue weighted by atomic mass is 10.0. The van der Waals surface area contributed by atoms with Crippen molar-refractivity contribution in [2.45, 2.75) is 18.9 Å². The lowest BCUT2D eigenvalue weighted by Crippen LogP contribution is -2.53. The SMILES string of the molecule is COc1ccc(Br)cc1[C@H]([NH3+])CCC(=O)[O-]. The first kappa shape index (κ1) is 13.0. The maximum atomic E-state index is 10.4. The minimum Gasteiger partial charge on any atom is -0.550 e. The van der Waals surface area contributed by atoms with Gasteiger partial charge >= 0.3 is 0 Å². The molecule has 0 fully saturated rings. The number of aliphatic carboxylic acids is 1. The van der Waals surface area contributed by atoms with Crippen molar-refractivity contribution >= 4 is 21.9 Å². The van der Waals surface area contributed by atoms with Gasteiger partial charge in [0, 0.05) is 16.9 Å². The predicted octanol–water partition coefficient (Wildman–Crippen LogP) is 0.271. The van der Waals surface area contributed by atoms with Crippen LogP contribution in [0.1, 0.15) is 24.4 Å². The Morgan fingerprint density at radius 3 is 2.88 bits per heavy atom. The third-order valence-corrected chi connectivity index (χ3v) is 2.82. The molecule has 0 heterocycles. The average molecular weight is 288 g/mol. The lowest BCUT2D eigenvalue weighted by molar-refractivity contribution is -0.429. The molecule has 0 radical (unpaired) electrons. The number of carbonyl (C=O) groups excluding carboxylic acids is 1. The van der Waals surface area contributed by atoms with Crippen LogP contribution >= 0.6 is 15.9 Å². The van der Waals surface area contributed by atoms with Gasteiger partial charge in [0.15, 0.2) is 0 Å². The first-order chi connectivity index (χ1) is 7.54. The molecule has 88 valence electrons. The summed E-state index contributed by atoms with van der Waals surface area (Å²) >= 11 is 3.36. The number of methoxy groups -OCH3 is 1. The second-order valence-electron chi connectivity index (χ2n) is 3.49. The summed E-state index contributed by atoms with van der Waals surface area (Å²) < 4.78 is 6.13. The van der Waals surface area contributed by atoms with Crippen LogP contribution in [0.15, 0.2) is 22.7 Å². The van der Waals surface area contributed by atoms with Gasteiger partial charge in [0.2, 0.25) is 0 Å². The van der Waals surface area contributed by atoms with Crippen LogP contribution in [0.2, 0.25) is 0 Å². The molecule has 0 unspecified atom stereocenters. The Morgan fingerprint density at radius 2 is 2.31 bits per heavy atom. The molecule has 0 saturated heterocycles. The highest BCUT2D eigenvalue weighted by Gasteiger charge is 2.15. The minimum absolute atomic E-state index is 0.00380. The van der Waals surface area contributed by atoms with Crippen molar-refractivity contribution < 1.29 is 20.4 Å². The van der Waals surface area contributed by atoms with Crippen LogP contribution < -0.4 is 15.6 Å².